The monoisotopic (exact) mass is 262 g/mol. The smallest absolute Gasteiger partial charge is 0.141 e. The number of hydrogen-bond acceptors (Lipinski definition) is 3. The lowest BCUT2D eigenvalue weighted by molar-refractivity contribution is -0.112. The molecule has 0 spiro atoms. The average Bonchev–Trinajstić information content (AvgIpc) is 2.76. The highest BCUT2D eigenvalue weighted by Gasteiger charge is 2.31. The Morgan fingerprint density at radius 1 is 1.37 bits per heavy atom. The predicted molar refractivity (Wildman–Crippen MR) is 71.2 cm³/mol. The molecule has 102 valence electrons. The lowest BCUT2D eigenvalue weighted by Crippen LogP contribution is -2.35. The molecule has 0 amide bonds. The Labute approximate surface area is 112 Å². The Morgan fingerprint density at radius 2 is 2.16 bits per heavy atom. The minimum absolute atomic E-state index is 0.189. The van der Waals surface area contributed by atoms with Crippen LogP contribution < -0.4 is 5.32 Å². The molecule has 1 N–H and O–H groups in total. The van der Waals surface area contributed by atoms with Crippen LogP contribution in [0, 0.1) is 11.7 Å². The second-order valence-electron chi connectivity index (χ2n) is 5.55. The number of hydrogen-bond donors (Lipinski definition) is 1. The van der Waals surface area contributed by atoms with E-state index in [1.54, 1.807) is 12.1 Å². The first-order valence-electron chi connectivity index (χ1n) is 6.96. The summed E-state index contributed by atoms with van der Waals surface area (Å²) >= 11 is 0. The number of rotatable bonds is 3. The summed E-state index contributed by atoms with van der Waals surface area (Å²) in [7, 11) is 0. The van der Waals surface area contributed by atoms with Crippen LogP contribution in [-0.4, -0.2) is 30.8 Å². The normalized spacial score (nSPS) is 24.4. The number of fused-ring (bicyclic) bond motifs is 1. The van der Waals surface area contributed by atoms with Crippen molar-refractivity contribution in [2.45, 2.75) is 25.4 Å². The van der Waals surface area contributed by atoms with Crippen LogP contribution in [0.2, 0.25) is 0 Å². The van der Waals surface area contributed by atoms with Crippen molar-refractivity contribution in [1.29, 1.82) is 0 Å². The van der Waals surface area contributed by atoms with Crippen LogP contribution in [0.5, 0.6) is 0 Å². The van der Waals surface area contributed by atoms with E-state index < -0.39 is 0 Å². The summed E-state index contributed by atoms with van der Waals surface area (Å²) in [6.07, 6.45) is 3.31. The molecule has 1 saturated heterocycles. The number of halogens is 1. The molecule has 3 nitrogen and oxygen atoms in total. The summed E-state index contributed by atoms with van der Waals surface area (Å²) in [5.74, 6) is 0.426. The molecule has 2 aliphatic heterocycles. The highest BCUT2D eigenvalue weighted by atomic mass is 19.1. The van der Waals surface area contributed by atoms with Gasteiger partial charge in [0.05, 0.1) is 6.04 Å². The average molecular weight is 262 g/mol. The van der Waals surface area contributed by atoms with Gasteiger partial charge < -0.3 is 10.1 Å². The van der Waals surface area contributed by atoms with Crippen molar-refractivity contribution in [2.75, 3.05) is 19.6 Å². The lowest BCUT2D eigenvalue weighted by atomic mass is 9.97. The van der Waals surface area contributed by atoms with Crippen molar-refractivity contribution in [3.8, 4) is 0 Å². The second-order valence-corrected chi connectivity index (χ2v) is 5.55. The van der Waals surface area contributed by atoms with Crippen LogP contribution in [0.15, 0.2) is 18.2 Å². The van der Waals surface area contributed by atoms with Gasteiger partial charge in [-0.3, -0.25) is 4.90 Å². The van der Waals surface area contributed by atoms with Gasteiger partial charge in [0.2, 0.25) is 0 Å². The summed E-state index contributed by atoms with van der Waals surface area (Å²) in [6.45, 7) is 3.75. The largest absolute Gasteiger partial charge is 0.317 e. The molecule has 4 heteroatoms. The Kier molecular flexibility index (Phi) is 3.62. The molecule has 0 aromatic heterocycles. The molecule has 1 unspecified atom stereocenters. The first-order valence-corrected chi connectivity index (χ1v) is 6.96. The van der Waals surface area contributed by atoms with Crippen LogP contribution >= 0.6 is 0 Å². The van der Waals surface area contributed by atoms with E-state index in [4.69, 9.17) is 0 Å². The molecular weight excluding hydrogens is 243 g/mol. The number of nitrogens with one attached hydrogen (secondary N) is 1. The van der Waals surface area contributed by atoms with Crippen molar-refractivity contribution in [1.82, 2.24) is 10.2 Å². The van der Waals surface area contributed by atoms with Gasteiger partial charge in [0.25, 0.3) is 0 Å². The van der Waals surface area contributed by atoms with E-state index in [1.807, 2.05) is 0 Å². The third kappa shape index (κ3) is 2.55. The van der Waals surface area contributed by atoms with Crippen molar-refractivity contribution < 1.29 is 9.18 Å². The van der Waals surface area contributed by atoms with Gasteiger partial charge in [0.15, 0.2) is 0 Å². The third-order valence-electron chi connectivity index (χ3n) is 4.27. The van der Waals surface area contributed by atoms with E-state index in [-0.39, 0.29) is 11.9 Å². The van der Waals surface area contributed by atoms with Crippen molar-refractivity contribution in [3.05, 3.63) is 35.1 Å². The first kappa shape index (κ1) is 12.8. The molecule has 0 bridgehead atoms. The maximum Gasteiger partial charge on any atom is 0.141 e. The maximum absolute atomic E-state index is 13.3. The SMILES string of the molecule is O=CC1c2ccc(F)cc2CN1CC1CCNCC1. The van der Waals surface area contributed by atoms with Gasteiger partial charge in [-0.15, -0.1) is 0 Å². The lowest BCUT2D eigenvalue weighted by Gasteiger charge is -2.29. The summed E-state index contributed by atoms with van der Waals surface area (Å²) in [5.41, 5.74) is 1.94. The molecule has 1 aromatic rings. The third-order valence-corrected chi connectivity index (χ3v) is 4.27. The molecule has 0 radical (unpaired) electrons. The zero-order chi connectivity index (χ0) is 13.2. The van der Waals surface area contributed by atoms with Gasteiger partial charge in [-0.05, 0) is 55.1 Å². The molecule has 3 rings (SSSR count). The van der Waals surface area contributed by atoms with E-state index in [1.165, 1.54) is 6.07 Å². The first-order chi connectivity index (χ1) is 9.28. The van der Waals surface area contributed by atoms with E-state index in [0.29, 0.717) is 12.5 Å². The van der Waals surface area contributed by atoms with Crippen molar-refractivity contribution in [3.63, 3.8) is 0 Å². The van der Waals surface area contributed by atoms with E-state index >= 15 is 0 Å². The topological polar surface area (TPSA) is 32.3 Å². The van der Waals surface area contributed by atoms with Gasteiger partial charge in [-0.25, -0.2) is 4.39 Å². The van der Waals surface area contributed by atoms with Gasteiger partial charge in [0.1, 0.15) is 12.1 Å². The fourth-order valence-corrected chi connectivity index (χ4v) is 3.25. The number of aldehydes is 1. The van der Waals surface area contributed by atoms with E-state index in [0.717, 1.165) is 49.9 Å². The Balaban J connectivity index is 1.75. The zero-order valence-corrected chi connectivity index (χ0v) is 10.9. The van der Waals surface area contributed by atoms with Crippen molar-refractivity contribution in [2.24, 2.45) is 5.92 Å². The second kappa shape index (κ2) is 5.39. The molecule has 1 atom stereocenters. The number of benzene rings is 1. The molecule has 0 saturated carbocycles. The highest BCUT2D eigenvalue weighted by molar-refractivity contribution is 5.64. The Hall–Kier alpha value is -1.26. The fourth-order valence-electron chi connectivity index (χ4n) is 3.25. The minimum atomic E-state index is -0.216. The van der Waals surface area contributed by atoms with Gasteiger partial charge in [-0.1, -0.05) is 6.07 Å². The maximum atomic E-state index is 13.3. The fraction of sp³-hybridized carbons (Fsp3) is 0.533. The van der Waals surface area contributed by atoms with Crippen LogP contribution in [0.1, 0.15) is 30.0 Å². The number of piperidine rings is 1. The predicted octanol–water partition coefficient (Wildman–Crippen LogP) is 1.88. The van der Waals surface area contributed by atoms with Crippen LogP contribution in [-0.2, 0) is 11.3 Å². The molecule has 1 aromatic carbocycles. The molecule has 19 heavy (non-hydrogen) atoms. The minimum Gasteiger partial charge on any atom is -0.317 e. The summed E-state index contributed by atoms with van der Waals surface area (Å²) in [5, 5.41) is 3.35. The van der Waals surface area contributed by atoms with Crippen LogP contribution in [0.4, 0.5) is 4.39 Å². The molecule has 1 fully saturated rings. The van der Waals surface area contributed by atoms with Crippen LogP contribution in [0.3, 0.4) is 0 Å². The molecular formula is C15H19FN2O. The number of carbonyl (C=O) groups is 1. The quantitative estimate of drug-likeness (QED) is 0.844. The zero-order valence-electron chi connectivity index (χ0n) is 10.9. The number of carbonyl (C=O) groups excluding carboxylic acids is 1. The highest BCUT2D eigenvalue weighted by Crippen LogP contribution is 2.34. The Morgan fingerprint density at radius 3 is 2.89 bits per heavy atom. The molecule has 2 heterocycles. The van der Waals surface area contributed by atoms with Gasteiger partial charge in [-0.2, -0.15) is 0 Å². The van der Waals surface area contributed by atoms with E-state index in [2.05, 4.69) is 10.2 Å². The van der Waals surface area contributed by atoms with Crippen LogP contribution in [0.25, 0.3) is 0 Å². The summed E-state index contributed by atoms with van der Waals surface area (Å²) in [6, 6.07) is 4.58. The standard InChI is InChI=1S/C15H19FN2O/c16-13-1-2-14-12(7-13)9-18(15(14)10-19)8-11-3-5-17-6-4-11/h1-2,7,10-11,15,17H,3-6,8-9H2. The summed E-state index contributed by atoms with van der Waals surface area (Å²) in [4.78, 5) is 13.5. The molecule has 0 aliphatic carbocycles. The summed E-state index contributed by atoms with van der Waals surface area (Å²) < 4.78 is 13.3. The van der Waals surface area contributed by atoms with Gasteiger partial charge in [0, 0.05) is 13.1 Å². The van der Waals surface area contributed by atoms with Gasteiger partial charge >= 0.3 is 0 Å². The van der Waals surface area contributed by atoms with E-state index in [9.17, 15) is 9.18 Å². The van der Waals surface area contributed by atoms with Crippen molar-refractivity contribution >= 4 is 6.29 Å². The Bertz CT molecular complexity index is 471. The molecule has 2 aliphatic rings. The number of nitrogens with zero attached hydrogens (tertiary/aromatic N) is 1.